The number of rotatable bonds is 6. The largest absolute Gasteiger partial charge is 0.461 e. The fourth-order valence-electron chi connectivity index (χ4n) is 2.66. The van der Waals surface area contributed by atoms with Crippen molar-refractivity contribution in [3.63, 3.8) is 0 Å². The summed E-state index contributed by atoms with van der Waals surface area (Å²) in [5.41, 5.74) is 1.52. The number of benzene rings is 1. The first-order valence-corrected chi connectivity index (χ1v) is 8.40. The minimum Gasteiger partial charge on any atom is -0.461 e. The van der Waals surface area contributed by atoms with Crippen LogP contribution in [0.4, 0.5) is 0 Å². The molecule has 2 aromatic rings. The fraction of sp³-hybridized carbons (Fsp3) is 0.300. The molecule has 1 aliphatic carbocycles. The van der Waals surface area contributed by atoms with Crippen LogP contribution in [0.1, 0.15) is 46.0 Å². The van der Waals surface area contributed by atoms with Crippen LogP contribution in [0.2, 0.25) is 0 Å². The Balaban J connectivity index is 1.45. The van der Waals surface area contributed by atoms with Crippen LogP contribution in [0.25, 0.3) is 0 Å². The molecule has 6 heteroatoms. The lowest BCUT2D eigenvalue weighted by atomic mass is 9.82. The number of carbonyl (C=O) groups excluding carboxylic acids is 3. The van der Waals surface area contributed by atoms with Crippen LogP contribution >= 0.6 is 0 Å². The van der Waals surface area contributed by atoms with Gasteiger partial charge in [0, 0.05) is 18.0 Å². The summed E-state index contributed by atoms with van der Waals surface area (Å²) in [6.07, 6.45) is 3.33. The van der Waals surface area contributed by atoms with Gasteiger partial charge in [-0.15, -0.1) is 0 Å². The number of aromatic nitrogens is 1. The van der Waals surface area contributed by atoms with Gasteiger partial charge < -0.3 is 9.47 Å². The minimum atomic E-state index is -0.540. The highest BCUT2D eigenvalue weighted by Gasteiger charge is 2.38. The second kappa shape index (κ2) is 7.91. The number of esters is 2. The molecule has 1 aromatic heterocycles. The van der Waals surface area contributed by atoms with Gasteiger partial charge in [-0.25, -0.2) is 4.79 Å². The molecule has 134 valence electrons. The second-order valence-corrected chi connectivity index (χ2v) is 6.31. The summed E-state index contributed by atoms with van der Waals surface area (Å²) in [6, 6.07) is 10.9. The van der Waals surface area contributed by atoms with Gasteiger partial charge in [-0.05, 0) is 31.4 Å². The molecule has 0 saturated heterocycles. The zero-order valence-electron chi connectivity index (χ0n) is 14.4. The predicted molar refractivity (Wildman–Crippen MR) is 92.4 cm³/mol. The van der Waals surface area contributed by atoms with Crippen molar-refractivity contribution < 1.29 is 23.9 Å². The molecule has 0 atom stereocenters. The molecule has 6 nitrogen and oxygen atoms in total. The normalized spacial score (nSPS) is 18.5. The molecule has 1 fully saturated rings. The van der Waals surface area contributed by atoms with Crippen molar-refractivity contribution >= 4 is 17.7 Å². The van der Waals surface area contributed by atoms with Gasteiger partial charge in [-0.3, -0.25) is 14.6 Å². The number of ether oxygens (including phenoxy) is 2. The molecule has 26 heavy (non-hydrogen) atoms. The molecular formula is C20H19NO5. The summed E-state index contributed by atoms with van der Waals surface area (Å²) in [6.45, 7) is 1.65. The van der Waals surface area contributed by atoms with Crippen LogP contribution in [0.15, 0.2) is 48.8 Å². The van der Waals surface area contributed by atoms with Crippen LogP contribution in [-0.2, 0) is 20.9 Å². The Labute approximate surface area is 151 Å². The van der Waals surface area contributed by atoms with E-state index in [1.165, 1.54) is 25.4 Å². The summed E-state index contributed by atoms with van der Waals surface area (Å²) in [7, 11) is 0. The van der Waals surface area contributed by atoms with Gasteiger partial charge in [0.25, 0.3) is 0 Å². The van der Waals surface area contributed by atoms with Gasteiger partial charge in [0.2, 0.25) is 0 Å². The van der Waals surface area contributed by atoms with Gasteiger partial charge in [0.15, 0.2) is 5.78 Å². The molecular weight excluding hydrogens is 334 g/mol. The van der Waals surface area contributed by atoms with Crippen LogP contribution in [0, 0.1) is 5.92 Å². The topological polar surface area (TPSA) is 82.6 Å². The molecule has 1 aromatic carbocycles. The highest BCUT2D eigenvalue weighted by atomic mass is 16.6. The smallest absolute Gasteiger partial charge is 0.339 e. The SMILES string of the molecule is CC(=O)c1cncc(C(=O)OC2CC(C(=O)OCc3ccccc3)C2)c1. The number of carbonyl (C=O) groups is 3. The Bertz CT molecular complexity index is 812. The Kier molecular flexibility index (Phi) is 5.41. The van der Waals surface area contributed by atoms with Gasteiger partial charge in [-0.2, -0.15) is 0 Å². The summed E-state index contributed by atoms with van der Waals surface area (Å²) >= 11 is 0. The van der Waals surface area contributed by atoms with Crippen molar-refractivity contribution in [1.29, 1.82) is 0 Å². The molecule has 0 spiro atoms. The lowest BCUT2D eigenvalue weighted by Crippen LogP contribution is -2.38. The van der Waals surface area contributed by atoms with Crippen molar-refractivity contribution in [2.75, 3.05) is 0 Å². The van der Waals surface area contributed by atoms with E-state index in [9.17, 15) is 14.4 Å². The van der Waals surface area contributed by atoms with E-state index in [1.807, 2.05) is 30.3 Å². The molecule has 0 aliphatic heterocycles. The summed E-state index contributed by atoms with van der Waals surface area (Å²) in [4.78, 5) is 39.4. The number of hydrogen-bond donors (Lipinski definition) is 0. The molecule has 1 aliphatic rings. The van der Waals surface area contributed by atoms with Crippen LogP contribution in [0.3, 0.4) is 0 Å². The van der Waals surface area contributed by atoms with Gasteiger partial charge in [-0.1, -0.05) is 30.3 Å². The van der Waals surface area contributed by atoms with Crippen molar-refractivity contribution in [2.24, 2.45) is 5.92 Å². The summed E-state index contributed by atoms with van der Waals surface area (Å²) in [5.74, 6) is -1.24. The van der Waals surface area contributed by atoms with E-state index in [-0.39, 0.29) is 35.9 Å². The molecule has 0 radical (unpaired) electrons. The van der Waals surface area contributed by atoms with E-state index >= 15 is 0 Å². The number of Topliss-reactive ketones (excluding diaryl/α,β-unsaturated/α-hetero) is 1. The average molecular weight is 353 g/mol. The summed E-state index contributed by atoms with van der Waals surface area (Å²) in [5, 5.41) is 0. The third kappa shape index (κ3) is 4.33. The van der Waals surface area contributed by atoms with E-state index in [0.717, 1.165) is 5.56 Å². The Hall–Kier alpha value is -3.02. The average Bonchev–Trinajstić information content (AvgIpc) is 2.63. The lowest BCUT2D eigenvalue weighted by Gasteiger charge is -2.32. The highest BCUT2D eigenvalue weighted by Crippen LogP contribution is 2.32. The highest BCUT2D eigenvalue weighted by molar-refractivity contribution is 5.97. The number of pyridine rings is 1. The van der Waals surface area contributed by atoms with Gasteiger partial charge in [0.05, 0.1) is 11.5 Å². The molecule has 0 amide bonds. The lowest BCUT2D eigenvalue weighted by molar-refractivity contribution is -0.157. The molecule has 0 bridgehead atoms. The third-order valence-electron chi connectivity index (χ3n) is 4.31. The Morgan fingerprint density at radius 3 is 2.46 bits per heavy atom. The standard InChI is InChI=1S/C20H19NO5/c1-13(22)16-7-17(11-21-10-16)20(24)26-18-8-15(9-18)19(23)25-12-14-5-3-2-4-6-14/h2-7,10-11,15,18H,8-9,12H2,1H3. The minimum absolute atomic E-state index is 0.169. The molecule has 0 N–H and O–H groups in total. The van der Waals surface area contributed by atoms with Crippen LogP contribution < -0.4 is 0 Å². The molecule has 3 rings (SSSR count). The number of ketones is 1. The molecule has 1 heterocycles. The fourth-order valence-corrected chi connectivity index (χ4v) is 2.66. The van der Waals surface area contributed by atoms with Gasteiger partial charge >= 0.3 is 11.9 Å². The monoisotopic (exact) mass is 353 g/mol. The predicted octanol–water partition coefficient (Wildman–Crippen LogP) is 2.96. The second-order valence-electron chi connectivity index (χ2n) is 6.31. The molecule has 0 unspecified atom stereocenters. The third-order valence-corrected chi connectivity index (χ3v) is 4.31. The first kappa shape index (κ1) is 17.8. The zero-order chi connectivity index (χ0) is 18.5. The van der Waals surface area contributed by atoms with E-state index in [1.54, 1.807) is 0 Å². The van der Waals surface area contributed by atoms with Crippen molar-refractivity contribution in [3.05, 3.63) is 65.5 Å². The molecule has 1 saturated carbocycles. The Morgan fingerprint density at radius 2 is 1.77 bits per heavy atom. The van der Waals surface area contributed by atoms with E-state index in [0.29, 0.717) is 18.4 Å². The first-order valence-electron chi connectivity index (χ1n) is 8.40. The van der Waals surface area contributed by atoms with Crippen molar-refractivity contribution in [2.45, 2.75) is 32.5 Å². The maximum atomic E-state index is 12.1. The number of nitrogens with zero attached hydrogens (tertiary/aromatic N) is 1. The summed E-state index contributed by atoms with van der Waals surface area (Å²) < 4.78 is 10.6. The van der Waals surface area contributed by atoms with Crippen molar-refractivity contribution in [1.82, 2.24) is 4.98 Å². The zero-order valence-corrected chi connectivity index (χ0v) is 14.4. The van der Waals surface area contributed by atoms with E-state index < -0.39 is 5.97 Å². The van der Waals surface area contributed by atoms with E-state index in [2.05, 4.69) is 4.98 Å². The van der Waals surface area contributed by atoms with E-state index in [4.69, 9.17) is 9.47 Å². The Morgan fingerprint density at radius 1 is 1.08 bits per heavy atom. The first-order chi connectivity index (χ1) is 12.5. The van der Waals surface area contributed by atoms with Crippen molar-refractivity contribution in [3.8, 4) is 0 Å². The quantitative estimate of drug-likeness (QED) is 0.586. The number of hydrogen-bond acceptors (Lipinski definition) is 6. The van der Waals surface area contributed by atoms with Gasteiger partial charge in [0.1, 0.15) is 12.7 Å². The van der Waals surface area contributed by atoms with Crippen LogP contribution in [-0.4, -0.2) is 28.8 Å². The maximum absolute atomic E-state index is 12.1. The maximum Gasteiger partial charge on any atom is 0.339 e. The van der Waals surface area contributed by atoms with Crippen LogP contribution in [0.5, 0.6) is 0 Å².